The molecule has 0 radical (unpaired) electrons. The van der Waals surface area contributed by atoms with Gasteiger partial charge in [-0.05, 0) is 18.2 Å². The molecule has 15 heavy (non-hydrogen) atoms. The monoisotopic (exact) mass is 239 g/mol. The van der Waals surface area contributed by atoms with Gasteiger partial charge in [-0.3, -0.25) is 4.79 Å². The summed E-state index contributed by atoms with van der Waals surface area (Å²) in [5, 5.41) is 0.404. The second-order valence-corrected chi connectivity index (χ2v) is 3.95. The Morgan fingerprint density at radius 2 is 2.33 bits per heavy atom. The Labute approximate surface area is 99.6 Å². The van der Waals surface area contributed by atoms with Gasteiger partial charge in [0, 0.05) is 11.9 Å². The normalized spacial score (nSPS) is 9.47. The first kappa shape index (κ1) is 12.0. The van der Waals surface area contributed by atoms with Crippen molar-refractivity contribution in [3.05, 3.63) is 28.8 Å². The minimum Gasteiger partial charge on any atom is -0.331 e. The molecule has 0 unspecified atom stereocenters. The van der Waals surface area contributed by atoms with E-state index in [1.807, 2.05) is 0 Å². The summed E-state index contributed by atoms with van der Waals surface area (Å²) in [5.41, 5.74) is 0.418. The van der Waals surface area contributed by atoms with E-state index >= 15 is 0 Å². The second-order valence-electron chi connectivity index (χ2n) is 3.03. The molecule has 1 amide bonds. The zero-order chi connectivity index (χ0) is 11.4. The van der Waals surface area contributed by atoms with Gasteiger partial charge in [-0.2, -0.15) is 0 Å². The highest BCUT2D eigenvalue weighted by molar-refractivity contribution is 7.80. The predicted molar refractivity (Wildman–Crippen MR) is 64.5 cm³/mol. The Bertz CT molecular complexity index is 425. The van der Waals surface area contributed by atoms with Crippen molar-refractivity contribution in [3.63, 3.8) is 0 Å². The number of hydrogen-bond acceptors (Lipinski definition) is 2. The minimum atomic E-state index is -0.200. The molecule has 1 rings (SSSR count). The molecule has 0 spiro atoms. The number of nitrogens with zero attached hydrogens (tertiary/aromatic N) is 1. The third-order valence-corrected chi connectivity index (χ3v) is 2.46. The van der Waals surface area contributed by atoms with E-state index in [0.717, 1.165) is 0 Å². The van der Waals surface area contributed by atoms with Gasteiger partial charge in [0.25, 0.3) is 5.91 Å². The molecule has 0 fully saturated rings. The van der Waals surface area contributed by atoms with E-state index in [0.29, 0.717) is 15.5 Å². The van der Waals surface area contributed by atoms with Gasteiger partial charge in [-0.15, -0.1) is 19.1 Å². The fraction of sp³-hybridized carbons (Fsp3) is 0.182. The van der Waals surface area contributed by atoms with Crippen molar-refractivity contribution >= 4 is 30.1 Å². The van der Waals surface area contributed by atoms with Gasteiger partial charge in [0.15, 0.2) is 0 Å². The maximum absolute atomic E-state index is 11.8. The first-order valence-corrected chi connectivity index (χ1v) is 5.06. The smallest absolute Gasteiger partial charge is 0.255 e. The lowest BCUT2D eigenvalue weighted by Gasteiger charge is -2.14. The van der Waals surface area contributed by atoms with Crippen molar-refractivity contribution in [2.24, 2.45) is 0 Å². The molecule has 78 valence electrons. The Balaban J connectivity index is 3.01. The second kappa shape index (κ2) is 5.11. The number of rotatable bonds is 2. The number of thiol groups is 1. The highest BCUT2D eigenvalue weighted by atomic mass is 35.5. The summed E-state index contributed by atoms with van der Waals surface area (Å²) in [7, 11) is 1.63. The van der Waals surface area contributed by atoms with Crippen molar-refractivity contribution < 1.29 is 4.79 Å². The molecule has 0 aliphatic rings. The topological polar surface area (TPSA) is 20.3 Å². The first-order chi connectivity index (χ1) is 7.06. The molecule has 4 heteroatoms. The average molecular weight is 240 g/mol. The van der Waals surface area contributed by atoms with E-state index < -0.39 is 0 Å². The molecule has 0 heterocycles. The zero-order valence-electron chi connectivity index (χ0n) is 8.20. The Morgan fingerprint density at radius 3 is 2.93 bits per heavy atom. The number of amides is 1. The minimum absolute atomic E-state index is 0.200. The summed E-state index contributed by atoms with van der Waals surface area (Å²) in [5.74, 6) is 2.19. The Hall–Kier alpha value is -1.11. The molecule has 1 aromatic rings. The number of carbonyl (C=O) groups excluding carboxylic acids is 1. The van der Waals surface area contributed by atoms with Gasteiger partial charge < -0.3 is 4.90 Å². The van der Waals surface area contributed by atoms with Crippen molar-refractivity contribution in [2.75, 3.05) is 13.6 Å². The number of terminal acetylenes is 1. The SMILES string of the molecule is C#CCN(C)C(=O)c1cc(S)ccc1Cl. The highest BCUT2D eigenvalue weighted by Gasteiger charge is 2.14. The zero-order valence-corrected chi connectivity index (χ0v) is 9.85. The van der Waals surface area contributed by atoms with Crippen LogP contribution >= 0.6 is 24.2 Å². The summed E-state index contributed by atoms with van der Waals surface area (Å²) in [6, 6.07) is 4.99. The molecule has 0 aliphatic carbocycles. The van der Waals surface area contributed by atoms with Gasteiger partial charge in [0.05, 0.1) is 17.1 Å². The lowest BCUT2D eigenvalue weighted by Crippen LogP contribution is -2.27. The van der Waals surface area contributed by atoms with Gasteiger partial charge in [-0.25, -0.2) is 0 Å². The van der Waals surface area contributed by atoms with Crippen LogP contribution in [0.15, 0.2) is 23.1 Å². The first-order valence-electron chi connectivity index (χ1n) is 4.23. The van der Waals surface area contributed by atoms with Crippen molar-refractivity contribution in [2.45, 2.75) is 4.90 Å². The predicted octanol–water partition coefficient (Wildman–Crippen LogP) is 2.33. The third-order valence-electron chi connectivity index (χ3n) is 1.86. The Kier molecular flexibility index (Phi) is 4.07. The van der Waals surface area contributed by atoms with Gasteiger partial charge in [0.2, 0.25) is 0 Å². The summed E-state index contributed by atoms with van der Waals surface area (Å²) in [4.78, 5) is 13.9. The Morgan fingerprint density at radius 1 is 1.67 bits per heavy atom. The average Bonchev–Trinajstić information content (AvgIpc) is 2.21. The van der Waals surface area contributed by atoms with Crippen LogP contribution in [0.3, 0.4) is 0 Å². The summed E-state index contributed by atoms with van der Waals surface area (Å²) in [6.45, 7) is 0.256. The fourth-order valence-electron chi connectivity index (χ4n) is 1.09. The molecule has 0 atom stereocenters. The molecule has 0 saturated heterocycles. The molecule has 0 N–H and O–H groups in total. The van der Waals surface area contributed by atoms with Crippen LogP contribution in [0.25, 0.3) is 0 Å². The van der Waals surface area contributed by atoms with Crippen LogP contribution in [0.2, 0.25) is 5.02 Å². The lowest BCUT2D eigenvalue weighted by atomic mass is 10.2. The van der Waals surface area contributed by atoms with Gasteiger partial charge >= 0.3 is 0 Å². The van der Waals surface area contributed by atoms with E-state index in [4.69, 9.17) is 18.0 Å². The van der Waals surface area contributed by atoms with Gasteiger partial charge in [-0.1, -0.05) is 17.5 Å². The van der Waals surface area contributed by atoms with E-state index in [1.165, 1.54) is 4.90 Å². The summed E-state index contributed by atoms with van der Waals surface area (Å²) >= 11 is 10.0. The maximum atomic E-state index is 11.8. The molecule has 2 nitrogen and oxygen atoms in total. The lowest BCUT2D eigenvalue weighted by molar-refractivity contribution is 0.0812. The standard InChI is InChI=1S/C11H10ClNOS/c1-3-6-13(2)11(14)9-7-8(15)4-5-10(9)12/h1,4-5,7,15H,6H2,2H3. The van der Waals surface area contributed by atoms with Crippen molar-refractivity contribution in [1.29, 1.82) is 0 Å². The third kappa shape index (κ3) is 2.92. The molecular weight excluding hydrogens is 230 g/mol. The largest absolute Gasteiger partial charge is 0.331 e. The quantitative estimate of drug-likeness (QED) is 0.621. The van der Waals surface area contributed by atoms with Crippen LogP contribution in [-0.2, 0) is 0 Å². The van der Waals surface area contributed by atoms with E-state index in [1.54, 1.807) is 25.2 Å². The molecular formula is C11H10ClNOS. The van der Waals surface area contributed by atoms with Crippen molar-refractivity contribution in [3.8, 4) is 12.3 Å². The van der Waals surface area contributed by atoms with Crippen molar-refractivity contribution in [1.82, 2.24) is 4.90 Å². The summed E-state index contributed by atoms with van der Waals surface area (Å²) < 4.78 is 0. The maximum Gasteiger partial charge on any atom is 0.255 e. The highest BCUT2D eigenvalue weighted by Crippen LogP contribution is 2.20. The van der Waals surface area contributed by atoms with Gasteiger partial charge in [0.1, 0.15) is 0 Å². The fourth-order valence-corrected chi connectivity index (χ4v) is 1.49. The van der Waals surface area contributed by atoms with Crippen LogP contribution in [0.1, 0.15) is 10.4 Å². The molecule has 0 saturated carbocycles. The summed E-state index contributed by atoms with van der Waals surface area (Å²) in [6.07, 6.45) is 5.12. The number of benzene rings is 1. The number of hydrogen-bond donors (Lipinski definition) is 1. The van der Waals surface area contributed by atoms with Crippen LogP contribution in [0.5, 0.6) is 0 Å². The molecule has 0 bridgehead atoms. The van der Waals surface area contributed by atoms with E-state index in [9.17, 15) is 4.79 Å². The van der Waals surface area contributed by atoms with E-state index in [-0.39, 0.29) is 12.5 Å². The molecule has 0 aromatic heterocycles. The van der Waals surface area contributed by atoms with Crippen LogP contribution in [0.4, 0.5) is 0 Å². The molecule has 0 aliphatic heterocycles. The number of halogens is 1. The van der Waals surface area contributed by atoms with Crippen LogP contribution in [-0.4, -0.2) is 24.4 Å². The van der Waals surface area contributed by atoms with E-state index in [2.05, 4.69) is 18.5 Å². The number of carbonyl (C=O) groups is 1. The van der Waals surface area contributed by atoms with Crippen LogP contribution < -0.4 is 0 Å². The van der Waals surface area contributed by atoms with Crippen LogP contribution in [0, 0.1) is 12.3 Å². The molecule has 1 aromatic carbocycles.